The first kappa shape index (κ1) is 18.9. The van der Waals surface area contributed by atoms with Crippen LogP contribution in [0.4, 0.5) is 24.5 Å². The smallest absolute Gasteiger partial charge is 0.418 e. The molecule has 2 rings (SSSR count). The fourth-order valence-electron chi connectivity index (χ4n) is 2.10. The van der Waals surface area contributed by atoms with Crippen molar-refractivity contribution in [2.75, 3.05) is 17.7 Å². The number of amides is 1. The number of ether oxygens (including phenoxy) is 1. The maximum atomic E-state index is 13.0. The Balaban J connectivity index is 1.88. The molecule has 0 heterocycles. The molecule has 0 aliphatic carbocycles. The molecule has 0 atom stereocenters. The summed E-state index contributed by atoms with van der Waals surface area (Å²) in [6.07, 6.45) is -4.27. The largest absolute Gasteiger partial charge is 0.491 e. The van der Waals surface area contributed by atoms with Crippen molar-refractivity contribution in [1.29, 1.82) is 0 Å². The summed E-state index contributed by atoms with van der Waals surface area (Å²) in [5.41, 5.74) is 4.88. The molecule has 4 nitrogen and oxygen atoms in total. The molecule has 1 amide bonds. The van der Waals surface area contributed by atoms with E-state index in [1.54, 1.807) is 24.3 Å². The number of nitrogen functional groups attached to an aromatic ring is 1. The summed E-state index contributed by atoms with van der Waals surface area (Å²) in [4.78, 5) is 11.9. The highest BCUT2D eigenvalue weighted by atomic mass is 35.5. The van der Waals surface area contributed by atoms with E-state index in [9.17, 15) is 18.0 Å². The predicted molar refractivity (Wildman–Crippen MR) is 90.7 cm³/mol. The van der Waals surface area contributed by atoms with Crippen molar-refractivity contribution in [3.63, 3.8) is 0 Å². The van der Waals surface area contributed by atoms with E-state index in [4.69, 9.17) is 22.1 Å². The number of halogens is 4. The number of hydrogen-bond donors (Lipinski definition) is 2. The van der Waals surface area contributed by atoms with E-state index >= 15 is 0 Å². The van der Waals surface area contributed by atoms with E-state index < -0.39 is 17.6 Å². The summed E-state index contributed by atoms with van der Waals surface area (Å²) < 4.78 is 44.3. The number of para-hydroxylation sites is 2. The van der Waals surface area contributed by atoms with Gasteiger partial charge in [-0.3, -0.25) is 4.79 Å². The van der Waals surface area contributed by atoms with Gasteiger partial charge in [0.15, 0.2) is 0 Å². The van der Waals surface area contributed by atoms with E-state index in [2.05, 4.69) is 5.32 Å². The summed E-state index contributed by atoms with van der Waals surface area (Å²) in [5, 5.41) is 2.20. The van der Waals surface area contributed by atoms with Gasteiger partial charge >= 0.3 is 6.18 Å². The molecule has 8 heteroatoms. The Hall–Kier alpha value is -2.41. The normalized spacial score (nSPS) is 11.2. The Kier molecular flexibility index (Phi) is 6.14. The second kappa shape index (κ2) is 8.11. The van der Waals surface area contributed by atoms with Crippen LogP contribution in [0.1, 0.15) is 18.4 Å². The molecule has 0 fully saturated rings. The van der Waals surface area contributed by atoms with Crippen molar-refractivity contribution in [2.24, 2.45) is 0 Å². The number of alkyl halides is 3. The van der Waals surface area contributed by atoms with E-state index in [1.807, 2.05) is 0 Å². The van der Waals surface area contributed by atoms with Crippen molar-refractivity contribution >= 4 is 28.9 Å². The maximum absolute atomic E-state index is 13.0. The molecular formula is C17H16ClF3N2O2. The summed E-state index contributed by atoms with van der Waals surface area (Å²) in [6, 6.07) is 10.1. The molecule has 25 heavy (non-hydrogen) atoms. The first-order valence-corrected chi connectivity index (χ1v) is 7.79. The average molecular weight is 373 g/mol. The van der Waals surface area contributed by atoms with Crippen LogP contribution >= 0.6 is 11.6 Å². The van der Waals surface area contributed by atoms with Gasteiger partial charge < -0.3 is 15.8 Å². The molecule has 0 spiro atoms. The van der Waals surface area contributed by atoms with E-state index in [-0.39, 0.29) is 23.7 Å². The number of rotatable bonds is 6. The van der Waals surface area contributed by atoms with Gasteiger partial charge in [0.25, 0.3) is 0 Å². The molecule has 0 bridgehead atoms. The van der Waals surface area contributed by atoms with Gasteiger partial charge in [-0.1, -0.05) is 23.7 Å². The van der Waals surface area contributed by atoms with Crippen LogP contribution in [0, 0.1) is 0 Å². The van der Waals surface area contributed by atoms with Crippen LogP contribution in [0.15, 0.2) is 42.5 Å². The van der Waals surface area contributed by atoms with Crippen molar-refractivity contribution < 1.29 is 22.7 Å². The van der Waals surface area contributed by atoms with Crippen LogP contribution in [0.2, 0.25) is 5.02 Å². The molecule has 0 saturated heterocycles. The zero-order chi connectivity index (χ0) is 18.4. The van der Waals surface area contributed by atoms with Gasteiger partial charge in [0.05, 0.1) is 23.5 Å². The number of hydrogen-bond acceptors (Lipinski definition) is 3. The lowest BCUT2D eigenvalue weighted by atomic mass is 10.1. The third-order valence-electron chi connectivity index (χ3n) is 3.29. The molecule has 0 saturated carbocycles. The average Bonchev–Trinajstić information content (AvgIpc) is 2.54. The number of nitrogens with one attached hydrogen (secondary N) is 1. The maximum Gasteiger partial charge on any atom is 0.418 e. The summed E-state index contributed by atoms with van der Waals surface area (Å²) in [6.45, 7) is 0.217. The molecule has 2 aromatic carbocycles. The quantitative estimate of drug-likeness (QED) is 0.568. The third-order valence-corrected chi connectivity index (χ3v) is 3.52. The van der Waals surface area contributed by atoms with Gasteiger partial charge in [-0.2, -0.15) is 13.2 Å². The molecule has 134 valence electrons. The van der Waals surface area contributed by atoms with Crippen molar-refractivity contribution in [1.82, 2.24) is 0 Å². The Labute approximate surface area is 147 Å². The molecule has 0 aliphatic rings. The topological polar surface area (TPSA) is 64.3 Å². The van der Waals surface area contributed by atoms with Crippen molar-refractivity contribution in [3.05, 3.63) is 53.1 Å². The van der Waals surface area contributed by atoms with Crippen LogP contribution in [-0.2, 0) is 11.0 Å². The lowest BCUT2D eigenvalue weighted by molar-refractivity contribution is -0.137. The number of carbonyl (C=O) groups is 1. The Morgan fingerprint density at radius 2 is 1.92 bits per heavy atom. The van der Waals surface area contributed by atoms with Crippen LogP contribution < -0.4 is 15.8 Å². The highest BCUT2D eigenvalue weighted by Crippen LogP contribution is 2.36. The van der Waals surface area contributed by atoms with Gasteiger partial charge in [0.2, 0.25) is 5.91 Å². The number of benzene rings is 2. The second-order valence-corrected chi connectivity index (χ2v) is 5.66. The van der Waals surface area contributed by atoms with Gasteiger partial charge in [-0.25, -0.2) is 0 Å². The standard InChI is InChI=1S/C17H16ClF3N2O2/c18-11-7-8-14(12(10-11)17(19,20)21)23-16(24)6-3-9-25-15-5-2-1-4-13(15)22/h1-2,4-5,7-8,10H,3,6,9,22H2,(H,23,24). The zero-order valence-corrected chi connectivity index (χ0v) is 13.8. The molecule has 0 aliphatic heterocycles. The third kappa shape index (κ3) is 5.56. The fraction of sp³-hybridized carbons (Fsp3) is 0.235. The van der Waals surface area contributed by atoms with Gasteiger partial charge in [-0.05, 0) is 36.8 Å². The molecule has 0 aromatic heterocycles. The predicted octanol–water partition coefficient (Wildman–Crippen LogP) is 4.74. The van der Waals surface area contributed by atoms with Gasteiger partial charge in [0, 0.05) is 11.4 Å². The highest BCUT2D eigenvalue weighted by Gasteiger charge is 2.34. The number of anilines is 2. The van der Waals surface area contributed by atoms with Crippen LogP contribution in [-0.4, -0.2) is 12.5 Å². The minimum atomic E-state index is -4.61. The van der Waals surface area contributed by atoms with E-state index in [0.717, 1.165) is 12.1 Å². The Morgan fingerprint density at radius 1 is 1.20 bits per heavy atom. The SMILES string of the molecule is Nc1ccccc1OCCCC(=O)Nc1ccc(Cl)cc1C(F)(F)F. The molecule has 2 aromatic rings. The zero-order valence-electron chi connectivity index (χ0n) is 13.1. The molecule has 0 unspecified atom stereocenters. The first-order chi connectivity index (χ1) is 11.8. The number of carbonyl (C=O) groups excluding carboxylic acids is 1. The minimum Gasteiger partial charge on any atom is -0.491 e. The lowest BCUT2D eigenvalue weighted by Crippen LogP contribution is -2.17. The molecular weight excluding hydrogens is 357 g/mol. The molecule has 3 N–H and O–H groups in total. The Morgan fingerprint density at radius 3 is 2.60 bits per heavy atom. The second-order valence-electron chi connectivity index (χ2n) is 5.23. The van der Waals surface area contributed by atoms with Crippen LogP contribution in [0.3, 0.4) is 0 Å². The van der Waals surface area contributed by atoms with Gasteiger partial charge in [0.1, 0.15) is 5.75 Å². The van der Waals surface area contributed by atoms with Crippen molar-refractivity contribution in [3.8, 4) is 5.75 Å². The minimum absolute atomic E-state index is 0.00661. The summed E-state index contributed by atoms with van der Waals surface area (Å²) in [5.74, 6) is -0.0441. The van der Waals surface area contributed by atoms with E-state index in [0.29, 0.717) is 17.9 Å². The van der Waals surface area contributed by atoms with Crippen LogP contribution in [0.25, 0.3) is 0 Å². The monoisotopic (exact) mass is 372 g/mol. The molecule has 0 radical (unpaired) electrons. The first-order valence-electron chi connectivity index (χ1n) is 7.41. The van der Waals surface area contributed by atoms with Crippen LogP contribution in [0.5, 0.6) is 5.75 Å². The number of nitrogens with two attached hydrogens (primary N) is 1. The van der Waals surface area contributed by atoms with Crippen molar-refractivity contribution in [2.45, 2.75) is 19.0 Å². The Bertz CT molecular complexity index is 751. The summed E-state index contributed by atoms with van der Waals surface area (Å²) >= 11 is 5.59. The fourth-order valence-corrected chi connectivity index (χ4v) is 2.27. The summed E-state index contributed by atoms with van der Waals surface area (Å²) in [7, 11) is 0. The lowest BCUT2D eigenvalue weighted by Gasteiger charge is -2.14. The van der Waals surface area contributed by atoms with E-state index in [1.165, 1.54) is 6.07 Å². The highest BCUT2D eigenvalue weighted by molar-refractivity contribution is 6.30. The van der Waals surface area contributed by atoms with Gasteiger partial charge in [-0.15, -0.1) is 0 Å².